The van der Waals surface area contributed by atoms with Crippen molar-refractivity contribution < 1.29 is 18.9 Å². The molecule has 0 spiro atoms. The summed E-state index contributed by atoms with van der Waals surface area (Å²) < 4.78 is 15.4. The average molecular weight is 334 g/mol. The van der Waals surface area contributed by atoms with Gasteiger partial charge in [0.15, 0.2) is 0 Å². The van der Waals surface area contributed by atoms with Crippen molar-refractivity contribution in [1.82, 2.24) is 0 Å². The summed E-state index contributed by atoms with van der Waals surface area (Å²) in [7, 11) is -4.31. The van der Waals surface area contributed by atoms with E-state index in [9.17, 15) is 4.57 Å². The molecule has 118 valence electrons. The van der Waals surface area contributed by atoms with Crippen LogP contribution in [0.25, 0.3) is 0 Å². The van der Waals surface area contributed by atoms with E-state index in [4.69, 9.17) is 9.79 Å². The first-order valence-electron chi connectivity index (χ1n) is 7.69. The summed E-state index contributed by atoms with van der Waals surface area (Å²) in [6.45, 7) is 4.53. The number of phosphoric acid groups is 1. The van der Waals surface area contributed by atoms with E-state index in [2.05, 4.69) is 18.4 Å². The molecule has 0 aliphatic heterocycles. The van der Waals surface area contributed by atoms with Gasteiger partial charge in [0.1, 0.15) is 0 Å². The Labute approximate surface area is 167 Å². The van der Waals surface area contributed by atoms with Crippen LogP contribution in [0, 0.1) is 5.92 Å². The van der Waals surface area contributed by atoms with E-state index in [1.165, 1.54) is 32.1 Å². The Bertz CT molecular complexity index is 245. The molecule has 0 aromatic carbocycles. The molecule has 1 unspecified atom stereocenters. The zero-order chi connectivity index (χ0) is 14.6. The molecule has 20 heavy (non-hydrogen) atoms. The van der Waals surface area contributed by atoms with Gasteiger partial charge in [-0.05, 0) is 18.8 Å². The molecule has 4 nitrogen and oxygen atoms in total. The Balaban J connectivity index is 0. The fourth-order valence-corrected chi connectivity index (χ4v) is 2.62. The van der Waals surface area contributed by atoms with Crippen LogP contribution in [0.5, 0.6) is 0 Å². The summed E-state index contributed by atoms with van der Waals surface area (Å²) in [6.07, 6.45) is 11.7. The van der Waals surface area contributed by atoms with E-state index in [0.717, 1.165) is 32.1 Å². The van der Waals surface area contributed by atoms with Gasteiger partial charge in [0.25, 0.3) is 0 Å². The number of rotatable bonds is 13. The van der Waals surface area contributed by atoms with Gasteiger partial charge in [-0.1, -0.05) is 65.2 Å². The first-order valence-corrected chi connectivity index (χ1v) is 9.22. The van der Waals surface area contributed by atoms with Crippen LogP contribution in [0.3, 0.4) is 0 Å². The summed E-state index contributed by atoms with van der Waals surface area (Å²) >= 11 is 0. The Kier molecular flexibility index (Phi) is 18.8. The van der Waals surface area contributed by atoms with Gasteiger partial charge in [-0.15, -0.1) is 0 Å². The third-order valence-corrected chi connectivity index (χ3v) is 3.90. The molecule has 0 aliphatic rings. The molecule has 0 aliphatic carbocycles. The third-order valence-electron chi connectivity index (χ3n) is 3.41. The zero-order valence-electron chi connectivity index (χ0n) is 12.5. The standard InChI is InChI=1S/C14H31O4P.K.H/c1-3-5-7-8-9-10-12-14(11-6-4-2)13-18-19(15,16)17;;/h14H,3-13H2,1-2H3,(H2,15,16,17);;. The van der Waals surface area contributed by atoms with Gasteiger partial charge in [0.2, 0.25) is 0 Å². The van der Waals surface area contributed by atoms with Crippen LogP contribution in [0.2, 0.25) is 0 Å². The number of unbranched alkanes of at least 4 members (excludes halogenated alkanes) is 6. The summed E-state index contributed by atoms with van der Waals surface area (Å²) in [5.74, 6) is 0.291. The summed E-state index contributed by atoms with van der Waals surface area (Å²) in [5, 5.41) is 0. The van der Waals surface area contributed by atoms with Crippen LogP contribution in [0.1, 0.15) is 78.1 Å². The molecule has 0 radical (unpaired) electrons. The molecule has 0 aromatic rings. The molecular formula is C14H32KO4P. The van der Waals surface area contributed by atoms with Crippen molar-refractivity contribution in [2.24, 2.45) is 5.92 Å². The summed E-state index contributed by atoms with van der Waals surface area (Å²) in [4.78, 5) is 17.5. The van der Waals surface area contributed by atoms with Gasteiger partial charge in [-0.3, -0.25) is 4.52 Å². The van der Waals surface area contributed by atoms with Crippen LogP contribution in [0.15, 0.2) is 0 Å². The molecule has 0 saturated heterocycles. The Morgan fingerprint density at radius 3 is 1.95 bits per heavy atom. The fraction of sp³-hybridized carbons (Fsp3) is 1.00. The summed E-state index contributed by atoms with van der Waals surface area (Å²) in [6, 6.07) is 0. The molecule has 0 bridgehead atoms. The first-order chi connectivity index (χ1) is 8.99. The molecular weight excluding hydrogens is 302 g/mol. The molecule has 0 amide bonds. The molecule has 6 heteroatoms. The van der Waals surface area contributed by atoms with Crippen LogP contribution in [0.4, 0.5) is 0 Å². The predicted molar refractivity (Wildman–Crippen MR) is 86.2 cm³/mol. The van der Waals surface area contributed by atoms with Gasteiger partial charge >= 0.3 is 59.2 Å². The minimum atomic E-state index is -4.31. The van der Waals surface area contributed by atoms with Gasteiger partial charge in [0, 0.05) is 0 Å². The third kappa shape index (κ3) is 17.8. The quantitative estimate of drug-likeness (QED) is 0.303. The maximum atomic E-state index is 10.7. The Hall–Kier alpha value is 1.75. The van der Waals surface area contributed by atoms with E-state index in [1.807, 2.05) is 0 Å². The van der Waals surface area contributed by atoms with Crippen LogP contribution >= 0.6 is 7.82 Å². The summed E-state index contributed by atoms with van der Waals surface area (Å²) in [5.41, 5.74) is 0. The van der Waals surface area contributed by atoms with Crippen molar-refractivity contribution >= 4 is 59.2 Å². The molecule has 2 N–H and O–H groups in total. The van der Waals surface area contributed by atoms with Gasteiger partial charge in [-0.25, -0.2) is 4.57 Å². The van der Waals surface area contributed by atoms with Crippen molar-refractivity contribution in [3.63, 3.8) is 0 Å². The van der Waals surface area contributed by atoms with E-state index < -0.39 is 7.82 Å². The molecule has 0 heterocycles. The Morgan fingerprint density at radius 1 is 0.900 bits per heavy atom. The van der Waals surface area contributed by atoms with E-state index in [1.54, 1.807) is 0 Å². The number of hydrogen-bond acceptors (Lipinski definition) is 2. The average Bonchev–Trinajstić information content (AvgIpc) is 2.34. The minimum absolute atomic E-state index is 0. The zero-order valence-corrected chi connectivity index (χ0v) is 13.4. The Morgan fingerprint density at radius 2 is 1.40 bits per heavy atom. The second-order valence-corrected chi connectivity index (χ2v) is 6.59. The molecule has 1 atom stereocenters. The van der Waals surface area contributed by atoms with Crippen molar-refractivity contribution in [2.45, 2.75) is 78.1 Å². The van der Waals surface area contributed by atoms with E-state index >= 15 is 0 Å². The van der Waals surface area contributed by atoms with E-state index in [-0.39, 0.29) is 58.0 Å². The first kappa shape index (κ1) is 24.0. The fourth-order valence-electron chi connectivity index (χ4n) is 2.22. The van der Waals surface area contributed by atoms with Crippen molar-refractivity contribution in [2.75, 3.05) is 6.61 Å². The predicted octanol–water partition coefficient (Wildman–Crippen LogP) is 4.00. The maximum absolute atomic E-state index is 10.7. The molecule has 0 saturated carbocycles. The molecule has 0 rings (SSSR count). The molecule has 0 aromatic heterocycles. The van der Waals surface area contributed by atoms with Crippen LogP contribution in [-0.2, 0) is 9.09 Å². The normalized spacial score (nSPS) is 13.0. The monoisotopic (exact) mass is 334 g/mol. The van der Waals surface area contributed by atoms with Crippen molar-refractivity contribution in [3.05, 3.63) is 0 Å². The SMILES string of the molecule is CCCCCCCCC(CCCC)COP(=O)(O)O.[KH]. The van der Waals surface area contributed by atoms with E-state index in [0.29, 0.717) is 5.92 Å². The number of phosphoric ester groups is 1. The van der Waals surface area contributed by atoms with Gasteiger partial charge in [-0.2, -0.15) is 0 Å². The second-order valence-electron chi connectivity index (χ2n) is 5.35. The molecule has 0 fully saturated rings. The van der Waals surface area contributed by atoms with Crippen molar-refractivity contribution in [1.29, 1.82) is 0 Å². The van der Waals surface area contributed by atoms with Gasteiger partial charge in [0.05, 0.1) is 6.61 Å². The topological polar surface area (TPSA) is 66.8 Å². The van der Waals surface area contributed by atoms with Crippen LogP contribution in [-0.4, -0.2) is 67.8 Å². The second kappa shape index (κ2) is 15.6. The van der Waals surface area contributed by atoms with Gasteiger partial charge < -0.3 is 9.79 Å². The number of hydrogen-bond donors (Lipinski definition) is 2. The van der Waals surface area contributed by atoms with Crippen molar-refractivity contribution in [3.8, 4) is 0 Å². The van der Waals surface area contributed by atoms with Crippen LogP contribution < -0.4 is 0 Å².